The molecule has 0 bridgehead atoms. The number of methoxy groups -OCH3 is 1. The minimum absolute atomic E-state index is 0.766. The van der Waals surface area contributed by atoms with Gasteiger partial charge in [-0.1, -0.05) is 22.0 Å². The molecule has 0 unspecified atom stereocenters. The number of ether oxygens (including phenoxy) is 1. The number of aryl methyl sites for hydroxylation is 1. The minimum atomic E-state index is 0.766. The molecule has 1 fully saturated rings. The van der Waals surface area contributed by atoms with Gasteiger partial charge in [0, 0.05) is 30.8 Å². The number of benzene rings is 1. The first-order valence-corrected chi connectivity index (χ1v) is 7.50. The van der Waals surface area contributed by atoms with Gasteiger partial charge in [-0.3, -0.25) is 0 Å². The van der Waals surface area contributed by atoms with Crippen LogP contribution >= 0.6 is 15.9 Å². The van der Waals surface area contributed by atoms with Crippen LogP contribution in [0.15, 0.2) is 16.6 Å². The summed E-state index contributed by atoms with van der Waals surface area (Å²) in [5.74, 6) is 0. The number of hydrogen-bond donors (Lipinski definition) is 1. The third-order valence-electron chi connectivity index (χ3n) is 3.48. The number of hydrogen-bond acceptors (Lipinski definition) is 2. The molecule has 0 aliphatic heterocycles. The van der Waals surface area contributed by atoms with E-state index < -0.39 is 0 Å². The first kappa shape index (κ1) is 14.0. The lowest BCUT2D eigenvalue weighted by Crippen LogP contribution is -2.15. The number of nitrogens with one attached hydrogen (secondary N) is 1. The molecule has 0 spiro atoms. The predicted molar refractivity (Wildman–Crippen MR) is 78.9 cm³/mol. The summed E-state index contributed by atoms with van der Waals surface area (Å²) in [4.78, 5) is 0. The average molecular weight is 312 g/mol. The van der Waals surface area contributed by atoms with E-state index in [0.29, 0.717) is 0 Å². The molecule has 18 heavy (non-hydrogen) atoms. The Morgan fingerprint density at radius 1 is 1.39 bits per heavy atom. The van der Waals surface area contributed by atoms with E-state index in [2.05, 4.69) is 40.3 Å². The lowest BCUT2D eigenvalue weighted by Gasteiger charge is -2.12. The van der Waals surface area contributed by atoms with Crippen molar-refractivity contribution in [2.75, 3.05) is 13.7 Å². The van der Waals surface area contributed by atoms with Gasteiger partial charge >= 0.3 is 0 Å². The Morgan fingerprint density at radius 2 is 2.17 bits per heavy atom. The zero-order valence-electron chi connectivity index (χ0n) is 11.3. The van der Waals surface area contributed by atoms with Crippen molar-refractivity contribution >= 4 is 15.9 Å². The Bertz CT molecular complexity index is 402. The van der Waals surface area contributed by atoms with Crippen LogP contribution in [0.25, 0.3) is 0 Å². The van der Waals surface area contributed by atoms with E-state index in [9.17, 15) is 0 Å². The molecular formula is C15H22BrNO. The van der Waals surface area contributed by atoms with Crippen molar-refractivity contribution in [2.24, 2.45) is 0 Å². The quantitative estimate of drug-likeness (QED) is 0.777. The van der Waals surface area contributed by atoms with Crippen molar-refractivity contribution in [1.82, 2.24) is 5.32 Å². The SMILES string of the molecule is COCCCc1cc(CNC2CC2)cc(Br)c1C. The second-order valence-electron chi connectivity index (χ2n) is 5.11. The molecule has 0 saturated heterocycles. The molecule has 2 rings (SSSR count). The maximum atomic E-state index is 5.13. The lowest BCUT2D eigenvalue weighted by molar-refractivity contribution is 0.195. The topological polar surface area (TPSA) is 21.3 Å². The Balaban J connectivity index is 2.00. The van der Waals surface area contributed by atoms with E-state index >= 15 is 0 Å². The highest BCUT2D eigenvalue weighted by Gasteiger charge is 2.20. The van der Waals surface area contributed by atoms with Crippen molar-refractivity contribution in [3.8, 4) is 0 Å². The van der Waals surface area contributed by atoms with E-state index in [1.165, 1.54) is 34.0 Å². The van der Waals surface area contributed by atoms with E-state index in [0.717, 1.165) is 32.0 Å². The van der Waals surface area contributed by atoms with Crippen LogP contribution in [0.1, 0.15) is 36.0 Å². The molecule has 1 N–H and O–H groups in total. The summed E-state index contributed by atoms with van der Waals surface area (Å²) in [5.41, 5.74) is 4.18. The molecule has 0 aromatic heterocycles. The van der Waals surface area contributed by atoms with Crippen LogP contribution in [0.4, 0.5) is 0 Å². The molecule has 1 aliphatic rings. The molecule has 0 amide bonds. The number of halogens is 1. The monoisotopic (exact) mass is 311 g/mol. The molecule has 0 atom stereocenters. The maximum Gasteiger partial charge on any atom is 0.0465 e. The normalized spacial score (nSPS) is 15.1. The molecular weight excluding hydrogens is 290 g/mol. The molecule has 1 aromatic carbocycles. The Morgan fingerprint density at radius 3 is 2.83 bits per heavy atom. The molecule has 0 radical (unpaired) electrons. The van der Waals surface area contributed by atoms with Crippen LogP contribution in [-0.2, 0) is 17.7 Å². The van der Waals surface area contributed by atoms with Crippen molar-refractivity contribution in [2.45, 2.75) is 45.2 Å². The Labute approximate surface area is 118 Å². The molecule has 1 saturated carbocycles. The molecule has 1 aliphatic carbocycles. The molecule has 0 heterocycles. The van der Waals surface area contributed by atoms with Crippen molar-refractivity contribution in [3.63, 3.8) is 0 Å². The van der Waals surface area contributed by atoms with Gasteiger partial charge in [-0.15, -0.1) is 0 Å². The standard InChI is InChI=1S/C15H22BrNO/c1-11-13(4-3-7-18-2)8-12(9-15(11)16)10-17-14-5-6-14/h8-9,14,17H,3-7,10H2,1-2H3. The van der Waals surface area contributed by atoms with Gasteiger partial charge in [0.15, 0.2) is 0 Å². The van der Waals surface area contributed by atoms with Crippen LogP contribution in [0.3, 0.4) is 0 Å². The summed E-state index contributed by atoms with van der Waals surface area (Å²) < 4.78 is 6.35. The molecule has 100 valence electrons. The molecule has 2 nitrogen and oxygen atoms in total. The van der Waals surface area contributed by atoms with Crippen LogP contribution < -0.4 is 5.32 Å². The van der Waals surface area contributed by atoms with Gasteiger partial charge in [-0.05, 0) is 55.4 Å². The van der Waals surface area contributed by atoms with Gasteiger partial charge < -0.3 is 10.1 Å². The zero-order valence-corrected chi connectivity index (χ0v) is 12.8. The summed E-state index contributed by atoms with van der Waals surface area (Å²) in [5, 5.41) is 3.57. The summed E-state index contributed by atoms with van der Waals surface area (Å²) in [7, 11) is 1.76. The molecule has 3 heteroatoms. The van der Waals surface area contributed by atoms with E-state index in [1.54, 1.807) is 7.11 Å². The fraction of sp³-hybridized carbons (Fsp3) is 0.600. The fourth-order valence-corrected chi connectivity index (χ4v) is 2.67. The second-order valence-corrected chi connectivity index (χ2v) is 5.97. The van der Waals surface area contributed by atoms with Crippen LogP contribution in [0, 0.1) is 6.92 Å². The Hall–Kier alpha value is -0.380. The van der Waals surface area contributed by atoms with Gasteiger partial charge in [0.1, 0.15) is 0 Å². The zero-order chi connectivity index (χ0) is 13.0. The van der Waals surface area contributed by atoms with E-state index in [4.69, 9.17) is 4.74 Å². The third kappa shape index (κ3) is 4.08. The predicted octanol–water partition coefficient (Wildman–Crippen LogP) is 3.59. The molecule has 1 aromatic rings. The van der Waals surface area contributed by atoms with Gasteiger partial charge in [-0.25, -0.2) is 0 Å². The lowest BCUT2D eigenvalue weighted by atomic mass is 10.0. The van der Waals surface area contributed by atoms with Gasteiger partial charge in [0.25, 0.3) is 0 Å². The summed E-state index contributed by atoms with van der Waals surface area (Å²) >= 11 is 3.67. The maximum absolute atomic E-state index is 5.13. The highest BCUT2D eigenvalue weighted by atomic mass is 79.9. The first-order valence-electron chi connectivity index (χ1n) is 6.71. The first-order chi connectivity index (χ1) is 8.70. The highest BCUT2D eigenvalue weighted by Crippen LogP contribution is 2.25. The fourth-order valence-electron chi connectivity index (χ4n) is 2.12. The smallest absolute Gasteiger partial charge is 0.0465 e. The van der Waals surface area contributed by atoms with Gasteiger partial charge in [0.05, 0.1) is 0 Å². The highest BCUT2D eigenvalue weighted by molar-refractivity contribution is 9.10. The minimum Gasteiger partial charge on any atom is -0.385 e. The Kier molecular flexibility index (Phi) is 5.22. The van der Waals surface area contributed by atoms with Crippen molar-refractivity contribution < 1.29 is 4.74 Å². The van der Waals surface area contributed by atoms with E-state index in [-0.39, 0.29) is 0 Å². The van der Waals surface area contributed by atoms with Crippen LogP contribution in [-0.4, -0.2) is 19.8 Å². The summed E-state index contributed by atoms with van der Waals surface area (Å²) in [6.07, 6.45) is 4.86. The van der Waals surface area contributed by atoms with Crippen molar-refractivity contribution in [3.05, 3.63) is 33.3 Å². The second kappa shape index (κ2) is 6.69. The largest absolute Gasteiger partial charge is 0.385 e. The van der Waals surface area contributed by atoms with E-state index in [1.807, 2.05) is 0 Å². The average Bonchev–Trinajstić information content (AvgIpc) is 3.16. The van der Waals surface area contributed by atoms with Gasteiger partial charge in [0.2, 0.25) is 0 Å². The number of rotatable bonds is 7. The third-order valence-corrected chi connectivity index (χ3v) is 4.30. The van der Waals surface area contributed by atoms with Crippen LogP contribution in [0.5, 0.6) is 0 Å². The summed E-state index contributed by atoms with van der Waals surface area (Å²) in [6, 6.07) is 5.34. The van der Waals surface area contributed by atoms with Crippen molar-refractivity contribution in [1.29, 1.82) is 0 Å². The van der Waals surface area contributed by atoms with Gasteiger partial charge in [-0.2, -0.15) is 0 Å². The summed E-state index contributed by atoms with van der Waals surface area (Å²) in [6.45, 7) is 4.01. The van der Waals surface area contributed by atoms with Crippen LogP contribution in [0.2, 0.25) is 0 Å².